The summed E-state index contributed by atoms with van der Waals surface area (Å²) in [7, 11) is 0. The molecular weight excluding hydrogens is 356 g/mol. The Morgan fingerprint density at radius 2 is 1.81 bits per heavy atom. The fourth-order valence-corrected chi connectivity index (χ4v) is 3.48. The molecule has 1 N–H and O–H groups in total. The predicted octanol–water partition coefficient (Wildman–Crippen LogP) is 5.45. The van der Waals surface area contributed by atoms with Crippen LogP contribution in [-0.4, -0.2) is 26.5 Å². The third-order valence-corrected chi connectivity index (χ3v) is 4.98. The molecule has 26 heavy (non-hydrogen) atoms. The molecule has 8 heteroatoms. The molecule has 0 saturated heterocycles. The Morgan fingerprint density at radius 3 is 2.46 bits per heavy atom. The molecule has 0 atom stereocenters. The van der Waals surface area contributed by atoms with Crippen molar-refractivity contribution in [3.8, 4) is 0 Å². The first-order valence-corrected chi connectivity index (χ1v) is 10.3. The van der Waals surface area contributed by atoms with Crippen molar-refractivity contribution in [1.82, 2.24) is 20.0 Å². The van der Waals surface area contributed by atoms with Gasteiger partial charge in [-0.2, -0.15) is 18.7 Å². The van der Waals surface area contributed by atoms with Gasteiger partial charge >= 0.3 is 0 Å². The van der Waals surface area contributed by atoms with Crippen LogP contribution >= 0.6 is 11.3 Å². The maximum Gasteiger partial charge on any atom is 0.287 e. The summed E-state index contributed by atoms with van der Waals surface area (Å²) in [5.74, 6) is -2.19. The number of rotatable bonds is 13. The van der Waals surface area contributed by atoms with Gasteiger partial charge in [-0.1, -0.05) is 51.9 Å². The molecule has 0 aromatic carbocycles. The standard InChI is InChI=1S/C18H29F2N5S/c1-3-4-5-6-7-8-9-10-11-21-16-12-22-25(24-16)13-17-23-15(14-26-17)18(2,19)20/h12,14H,3-11,13H2,1-2H3,(H,21,24). The van der Waals surface area contributed by atoms with Crippen molar-refractivity contribution in [3.63, 3.8) is 0 Å². The van der Waals surface area contributed by atoms with Crippen LogP contribution in [0.3, 0.4) is 0 Å². The zero-order valence-corrected chi connectivity index (χ0v) is 16.5. The lowest BCUT2D eigenvalue weighted by atomic mass is 10.1. The highest BCUT2D eigenvalue weighted by Crippen LogP contribution is 2.28. The number of anilines is 1. The molecule has 0 amide bonds. The Balaban J connectivity index is 1.63. The highest BCUT2D eigenvalue weighted by atomic mass is 32.1. The van der Waals surface area contributed by atoms with Gasteiger partial charge in [0.2, 0.25) is 0 Å². The molecule has 0 unspecified atom stereocenters. The van der Waals surface area contributed by atoms with Gasteiger partial charge in [-0.05, 0) is 6.42 Å². The molecule has 0 fully saturated rings. The van der Waals surface area contributed by atoms with Gasteiger partial charge in [0.1, 0.15) is 17.2 Å². The van der Waals surface area contributed by atoms with Crippen molar-refractivity contribution in [2.75, 3.05) is 11.9 Å². The first-order valence-electron chi connectivity index (χ1n) is 9.45. The van der Waals surface area contributed by atoms with Crippen molar-refractivity contribution in [2.45, 2.75) is 77.7 Å². The number of nitrogens with one attached hydrogen (secondary N) is 1. The predicted molar refractivity (Wildman–Crippen MR) is 102 cm³/mol. The summed E-state index contributed by atoms with van der Waals surface area (Å²) in [6.07, 6.45) is 11.9. The van der Waals surface area contributed by atoms with Gasteiger partial charge in [-0.25, -0.2) is 4.98 Å². The van der Waals surface area contributed by atoms with Crippen LogP contribution in [0.1, 0.15) is 75.9 Å². The van der Waals surface area contributed by atoms with Gasteiger partial charge in [-0.15, -0.1) is 16.4 Å². The fourth-order valence-electron chi connectivity index (χ4n) is 2.64. The SMILES string of the molecule is CCCCCCCCCCNc1cnn(Cc2nc(C(C)(F)F)cs2)n1. The number of thiazole rings is 1. The highest BCUT2D eigenvalue weighted by Gasteiger charge is 2.27. The fraction of sp³-hybridized carbons (Fsp3) is 0.722. The quantitative estimate of drug-likeness (QED) is 0.466. The molecule has 0 aliphatic heterocycles. The smallest absolute Gasteiger partial charge is 0.287 e. The Morgan fingerprint density at radius 1 is 1.12 bits per heavy atom. The lowest BCUT2D eigenvalue weighted by Crippen LogP contribution is -2.09. The second kappa shape index (κ2) is 10.5. The van der Waals surface area contributed by atoms with Crippen molar-refractivity contribution < 1.29 is 8.78 Å². The Labute approximate surface area is 158 Å². The minimum absolute atomic E-state index is 0.197. The Bertz CT molecular complexity index is 636. The van der Waals surface area contributed by atoms with Crippen LogP contribution in [0, 0.1) is 0 Å². The van der Waals surface area contributed by atoms with E-state index in [0.717, 1.165) is 19.9 Å². The summed E-state index contributed by atoms with van der Waals surface area (Å²) >= 11 is 1.20. The van der Waals surface area contributed by atoms with Crippen molar-refractivity contribution in [2.24, 2.45) is 0 Å². The molecule has 0 aliphatic carbocycles. The summed E-state index contributed by atoms with van der Waals surface area (Å²) in [6.45, 7) is 4.27. The van der Waals surface area contributed by atoms with Gasteiger partial charge in [-0.3, -0.25) is 0 Å². The van der Waals surface area contributed by atoms with E-state index in [0.29, 0.717) is 17.4 Å². The lowest BCUT2D eigenvalue weighted by Gasteiger charge is -2.04. The van der Waals surface area contributed by atoms with Crippen LogP contribution < -0.4 is 5.32 Å². The molecule has 0 radical (unpaired) electrons. The molecule has 0 aliphatic rings. The van der Waals surface area contributed by atoms with Gasteiger partial charge in [0.15, 0.2) is 5.82 Å². The van der Waals surface area contributed by atoms with E-state index in [1.165, 1.54) is 66.5 Å². The van der Waals surface area contributed by atoms with Crippen LogP contribution in [0.4, 0.5) is 14.6 Å². The van der Waals surface area contributed by atoms with E-state index in [1.807, 2.05) is 0 Å². The largest absolute Gasteiger partial charge is 0.367 e. The summed E-state index contributed by atoms with van der Waals surface area (Å²) < 4.78 is 26.4. The number of hydrogen-bond acceptors (Lipinski definition) is 5. The molecule has 2 aromatic rings. The van der Waals surface area contributed by atoms with E-state index in [2.05, 4.69) is 27.4 Å². The molecule has 146 valence electrons. The number of nitrogens with zero attached hydrogens (tertiary/aromatic N) is 4. The highest BCUT2D eigenvalue weighted by molar-refractivity contribution is 7.09. The van der Waals surface area contributed by atoms with E-state index < -0.39 is 5.92 Å². The number of hydrogen-bond donors (Lipinski definition) is 1. The first-order chi connectivity index (χ1) is 12.5. The number of unbranched alkanes of at least 4 members (excludes halogenated alkanes) is 7. The average Bonchev–Trinajstić information content (AvgIpc) is 3.23. The first kappa shape index (κ1) is 20.7. The zero-order valence-electron chi connectivity index (χ0n) is 15.7. The summed E-state index contributed by atoms with van der Waals surface area (Å²) in [6, 6.07) is 0. The maximum absolute atomic E-state index is 13.2. The van der Waals surface area contributed by atoms with Gasteiger partial charge < -0.3 is 5.32 Å². The van der Waals surface area contributed by atoms with Crippen LogP contribution in [0.2, 0.25) is 0 Å². The van der Waals surface area contributed by atoms with Crippen molar-refractivity contribution in [3.05, 3.63) is 22.3 Å². The third-order valence-electron chi connectivity index (χ3n) is 4.15. The van der Waals surface area contributed by atoms with Crippen molar-refractivity contribution >= 4 is 17.2 Å². The van der Waals surface area contributed by atoms with Crippen LogP contribution in [0.5, 0.6) is 0 Å². The molecule has 5 nitrogen and oxygen atoms in total. The molecule has 2 heterocycles. The van der Waals surface area contributed by atoms with Gasteiger partial charge in [0, 0.05) is 18.8 Å². The maximum atomic E-state index is 13.2. The second-order valence-electron chi connectivity index (χ2n) is 6.68. The number of alkyl halides is 2. The average molecular weight is 386 g/mol. The van der Waals surface area contributed by atoms with E-state index in [4.69, 9.17) is 0 Å². The van der Waals surface area contributed by atoms with Crippen LogP contribution in [-0.2, 0) is 12.5 Å². The summed E-state index contributed by atoms with van der Waals surface area (Å²) in [5, 5.41) is 13.7. The Kier molecular flexibility index (Phi) is 8.41. The van der Waals surface area contributed by atoms with Crippen molar-refractivity contribution in [1.29, 1.82) is 0 Å². The van der Waals surface area contributed by atoms with Gasteiger partial charge in [0.25, 0.3) is 5.92 Å². The number of aromatic nitrogens is 4. The summed E-state index contributed by atoms with van der Waals surface area (Å²) in [4.78, 5) is 5.43. The summed E-state index contributed by atoms with van der Waals surface area (Å²) in [5.41, 5.74) is -0.197. The normalized spacial score (nSPS) is 11.8. The van der Waals surface area contributed by atoms with Gasteiger partial charge in [0.05, 0.1) is 6.20 Å². The van der Waals surface area contributed by atoms with E-state index in [1.54, 1.807) is 6.20 Å². The van der Waals surface area contributed by atoms with E-state index in [-0.39, 0.29) is 5.69 Å². The molecule has 0 spiro atoms. The molecular formula is C18H29F2N5S. The topological polar surface area (TPSA) is 55.6 Å². The van der Waals surface area contributed by atoms with Crippen LogP contribution in [0.15, 0.2) is 11.6 Å². The second-order valence-corrected chi connectivity index (χ2v) is 7.62. The minimum atomic E-state index is -2.91. The molecule has 0 bridgehead atoms. The molecule has 2 aromatic heterocycles. The molecule has 2 rings (SSSR count). The van der Waals surface area contributed by atoms with Crippen LogP contribution in [0.25, 0.3) is 0 Å². The zero-order chi connectivity index (χ0) is 18.8. The molecule has 0 saturated carbocycles. The minimum Gasteiger partial charge on any atom is -0.367 e. The lowest BCUT2D eigenvalue weighted by molar-refractivity contribution is 0.0132. The van der Waals surface area contributed by atoms with E-state index >= 15 is 0 Å². The number of halogens is 2. The third kappa shape index (κ3) is 7.35. The van der Waals surface area contributed by atoms with E-state index in [9.17, 15) is 8.78 Å². The monoisotopic (exact) mass is 385 g/mol. The Hall–Kier alpha value is -1.57.